The zero-order chi connectivity index (χ0) is 13.2. The molecule has 0 aliphatic carbocycles. The molecule has 18 heavy (non-hydrogen) atoms. The average Bonchev–Trinajstić information content (AvgIpc) is 2.41. The van der Waals surface area contributed by atoms with Crippen LogP contribution in [0.4, 0.5) is 0 Å². The molecular weight excluding hydrogens is 228 g/mol. The van der Waals surface area contributed by atoms with E-state index < -0.39 is 0 Å². The van der Waals surface area contributed by atoms with Crippen LogP contribution in [0.5, 0.6) is 5.75 Å². The Morgan fingerprint density at radius 2 is 2.00 bits per heavy atom. The van der Waals surface area contributed by atoms with Crippen LogP contribution >= 0.6 is 0 Å². The molecule has 0 bridgehead atoms. The Kier molecular flexibility index (Phi) is 6.85. The van der Waals surface area contributed by atoms with Crippen LogP contribution in [0.15, 0.2) is 24.3 Å². The second-order valence-corrected chi connectivity index (χ2v) is 4.19. The zero-order valence-electron chi connectivity index (χ0n) is 10.8. The largest absolute Gasteiger partial charge is 0.492 e. The molecule has 0 saturated heterocycles. The lowest BCUT2D eigenvalue weighted by Gasteiger charge is -2.16. The van der Waals surface area contributed by atoms with Crippen molar-refractivity contribution in [1.82, 2.24) is 4.90 Å². The van der Waals surface area contributed by atoms with Gasteiger partial charge < -0.3 is 14.7 Å². The number of rotatable bonds is 8. The van der Waals surface area contributed by atoms with Gasteiger partial charge in [0.1, 0.15) is 11.8 Å². The first-order chi connectivity index (χ1) is 8.77. The highest BCUT2D eigenvalue weighted by molar-refractivity contribution is 5.42. The molecule has 0 spiro atoms. The lowest BCUT2D eigenvalue weighted by molar-refractivity contribution is 0.231. The molecule has 0 saturated carbocycles. The maximum Gasteiger partial charge on any atom is 0.137 e. The van der Waals surface area contributed by atoms with E-state index >= 15 is 0 Å². The molecule has 0 atom stereocenters. The average molecular weight is 248 g/mol. The molecule has 0 amide bonds. The van der Waals surface area contributed by atoms with Crippen molar-refractivity contribution >= 4 is 0 Å². The number of hydrogen-bond acceptors (Lipinski definition) is 4. The van der Waals surface area contributed by atoms with E-state index in [4.69, 9.17) is 15.1 Å². The third-order valence-electron chi connectivity index (χ3n) is 2.65. The molecule has 98 valence electrons. The van der Waals surface area contributed by atoms with Gasteiger partial charge >= 0.3 is 0 Å². The quantitative estimate of drug-likeness (QED) is 0.711. The monoisotopic (exact) mass is 248 g/mol. The van der Waals surface area contributed by atoms with E-state index in [9.17, 15) is 0 Å². The van der Waals surface area contributed by atoms with Crippen LogP contribution in [0.3, 0.4) is 0 Å². The summed E-state index contributed by atoms with van der Waals surface area (Å²) >= 11 is 0. The summed E-state index contributed by atoms with van der Waals surface area (Å²) in [4.78, 5) is 2.16. The van der Waals surface area contributed by atoms with Gasteiger partial charge in [-0.05, 0) is 32.0 Å². The van der Waals surface area contributed by atoms with Crippen LogP contribution in [0.25, 0.3) is 0 Å². The van der Waals surface area contributed by atoms with Crippen molar-refractivity contribution in [3.05, 3.63) is 29.8 Å². The summed E-state index contributed by atoms with van der Waals surface area (Å²) in [5, 5.41) is 17.6. The van der Waals surface area contributed by atoms with Gasteiger partial charge in [-0.1, -0.05) is 12.1 Å². The Morgan fingerprint density at radius 1 is 1.28 bits per heavy atom. The van der Waals surface area contributed by atoms with Gasteiger partial charge in [0.05, 0.1) is 12.2 Å². The van der Waals surface area contributed by atoms with E-state index in [1.54, 1.807) is 6.07 Å². The second-order valence-electron chi connectivity index (χ2n) is 4.19. The molecule has 1 aromatic carbocycles. The highest BCUT2D eigenvalue weighted by Crippen LogP contribution is 2.16. The number of nitrogens with zero attached hydrogens (tertiary/aromatic N) is 2. The van der Waals surface area contributed by atoms with Gasteiger partial charge in [-0.25, -0.2) is 0 Å². The molecule has 0 fully saturated rings. The minimum absolute atomic E-state index is 0.233. The number of aliphatic hydroxyl groups excluding tert-OH is 1. The summed E-state index contributed by atoms with van der Waals surface area (Å²) in [6.45, 7) is 2.65. The highest BCUT2D eigenvalue weighted by Gasteiger charge is 2.02. The van der Waals surface area contributed by atoms with Crippen LogP contribution in [0.2, 0.25) is 0 Å². The van der Waals surface area contributed by atoms with Gasteiger partial charge in [0.2, 0.25) is 0 Å². The number of para-hydroxylation sites is 1. The SMILES string of the molecule is CN(CCCO)CCCOc1ccccc1C#N. The first-order valence-corrected chi connectivity index (χ1v) is 6.19. The number of hydrogen-bond donors (Lipinski definition) is 1. The van der Waals surface area contributed by atoms with Crippen molar-refractivity contribution in [2.24, 2.45) is 0 Å². The van der Waals surface area contributed by atoms with Crippen molar-refractivity contribution in [3.8, 4) is 11.8 Å². The summed E-state index contributed by atoms with van der Waals surface area (Å²) < 4.78 is 5.58. The first kappa shape index (κ1) is 14.5. The Bertz CT molecular complexity index is 388. The van der Waals surface area contributed by atoms with E-state index in [1.165, 1.54) is 0 Å². The van der Waals surface area contributed by atoms with Gasteiger partial charge in [-0.3, -0.25) is 0 Å². The molecule has 4 nitrogen and oxygen atoms in total. The Balaban J connectivity index is 2.24. The summed E-state index contributed by atoms with van der Waals surface area (Å²) in [6, 6.07) is 9.37. The fourth-order valence-corrected chi connectivity index (χ4v) is 1.65. The van der Waals surface area contributed by atoms with Crippen LogP contribution in [-0.2, 0) is 0 Å². The third-order valence-corrected chi connectivity index (χ3v) is 2.65. The van der Waals surface area contributed by atoms with Crippen molar-refractivity contribution < 1.29 is 9.84 Å². The minimum atomic E-state index is 0.233. The van der Waals surface area contributed by atoms with Crippen molar-refractivity contribution in [3.63, 3.8) is 0 Å². The van der Waals surface area contributed by atoms with E-state index in [-0.39, 0.29) is 6.61 Å². The van der Waals surface area contributed by atoms with Gasteiger partial charge in [-0.15, -0.1) is 0 Å². The number of ether oxygens (including phenoxy) is 1. The maximum atomic E-state index is 8.90. The van der Waals surface area contributed by atoms with Crippen LogP contribution in [0, 0.1) is 11.3 Å². The molecule has 1 N–H and O–H groups in total. The van der Waals surface area contributed by atoms with Gasteiger partial charge in [0.15, 0.2) is 0 Å². The topological polar surface area (TPSA) is 56.5 Å². The molecule has 0 heterocycles. The van der Waals surface area contributed by atoms with Gasteiger partial charge in [0, 0.05) is 19.7 Å². The predicted molar refractivity (Wildman–Crippen MR) is 70.5 cm³/mol. The van der Waals surface area contributed by atoms with E-state index in [1.807, 2.05) is 25.2 Å². The lowest BCUT2D eigenvalue weighted by atomic mass is 10.2. The normalized spacial score (nSPS) is 10.3. The molecule has 1 aromatic rings. The summed E-state index contributed by atoms with van der Waals surface area (Å²) in [5.41, 5.74) is 0.575. The highest BCUT2D eigenvalue weighted by atomic mass is 16.5. The van der Waals surface area contributed by atoms with E-state index in [2.05, 4.69) is 11.0 Å². The van der Waals surface area contributed by atoms with Gasteiger partial charge in [-0.2, -0.15) is 5.26 Å². The Hall–Kier alpha value is -1.57. The van der Waals surface area contributed by atoms with Crippen molar-refractivity contribution in [2.75, 3.05) is 33.4 Å². The molecule has 0 aliphatic heterocycles. The molecule has 4 heteroatoms. The summed E-state index contributed by atoms with van der Waals surface area (Å²) in [6.07, 6.45) is 1.70. The summed E-state index contributed by atoms with van der Waals surface area (Å²) in [5.74, 6) is 0.651. The number of aliphatic hydroxyl groups is 1. The first-order valence-electron chi connectivity index (χ1n) is 6.19. The van der Waals surface area contributed by atoms with Crippen LogP contribution < -0.4 is 4.74 Å². The lowest BCUT2D eigenvalue weighted by Crippen LogP contribution is -2.23. The van der Waals surface area contributed by atoms with E-state index in [0.717, 1.165) is 25.9 Å². The van der Waals surface area contributed by atoms with Crippen molar-refractivity contribution in [2.45, 2.75) is 12.8 Å². The Labute approximate surface area is 108 Å². The van der Waals surface area contributed by atoms with Crippen LogP contribution in [-0.4, -0.2) is 43.4 Å². The molecule has 0 aliphatic rings. The molecular formula is C14H20N2O2. The van der Waals surface area contributed by atoms with Crippen molar-refractivity contribution in [1.29, 1.82) is 5.26 Å². The van der Waals surface area contributed by atoms with Gasteiger partial charge in [0.25, 0.3) is 0 Å². The second kappa shape index (κ2) is 8.51. The minimum Gasteiger partial charge on any atom is -0.492 e. The standard InChI is InChI=1S/C14H20N2O2/c1-16(8-4-10-17)9-5-11-18-14-7-3-2-6-13(14)12-15/h2-3,6-7,17H,4-5,8-11H2,1H3. The number of nitriles is 1. The maximum absolute atomic E-state index is 8.90. The molecule has 1 rings (SSSR count). The fourth-order valence-electron chi connectivity index (χ4n) is 1.65. The fraction of sp³-hybridized carbons (Fsp3) is 0.500. The third kappa shape index (κ3) is 5.17. The smallest absolute Gasteiger partial charge is 0.137 e. The van der Waals surface area contributed by atoms with Crippen LogP contribution in [0.1, 0.15) is 18.4 Å². The predicted octanol–water partition coefficient (Wildman–Crippen LogP) is 1.64. The molecule has 0 aromatic heterocycles. The number of benzene rings is 1. The zero-order valence-corrected chi connectivity index (χ0v) is 10.8. The molecule has 0 radical (unpaired) electrons. The molecule has 0 unspecified atom stereocenters. The Morgan fingerprint density at radius 3 is 2.72 bits per heavy atom. The van der Waals surface area contributed by atoms with E-state index in [0.29, 0.717) is 17.9 Å². The summed E-state index contributed by atoms with van der Waals surface area (Å²) in [7, 11) is 2.03.